The lowest BCUT2D eigenvalue weighted by atomic mass is 10.0. The number of benzene rings is 2. The summed E-state index contributed by atoms with van der Waals surface area (Å²) in [6, 6.07) is 14.1. The molecule has 122 valence electrons. The molecule has 0 saturated heterocycles. The second-order valence-electron chi connectivity index (χ2n) is 5.73. The van der Waals surface area contributed by atoms with Gasteiger partial charge in [-0.05, 0) is 17.7 Å². The SMILES string of the molecule is COc1ccc2c(=O)c(-c3ccccc3)c3n(c2c1)CCS3(=O)=O. The first-order valence-corrected chi connectivity index (χ1v) is 9.21. The number of sulfone groups is 1. The minimum Gasteiger partial charge on any atom is -0.497 e. The molecule has 4 rings (SSSR count). The Balaban J connectivity index is 2.22. The molecule has 0 unspecified atom stereocenters. The molecule has 0 N–H and O–H groups in total. The van der Waals surface area contributed by atoms with Crippen LogP contribution in [0, 0.1) is 0 Å². The van der Waals surface area contributed by atoms with E-state index in [-0.39, 0.29) is 21.8 Å². The summed E-state index contributed by atoms with van der Waals surface area (Å²) in [6.45, 7) is 0.335. The van der Waals surface area contributed by atoms with Gasteiger partial charge in [-0.3, -0.25) is 4.79 Å². The van der Waals surface area contributed by atoms with Crippen molar-refractivity contribution in [1.29, 1.82) is 0 Å². The maximum Gasteiger partial charge on any atom is 0.198 e. The van der Waals surface area contributed by atoms with E-state index in [4.69, 9.17) is 4.74 Å². The highest BCUT2D eigenvalue weighted by Crippen LogP contribution is 2.33. The largest absolute Gasteiger partial charge is 0.497 e. The zero-order valence-electron chi connectivity index (χ0n) is 13.0. The third kappa shape index (κ3) is 2.06. The predicted molar refractivity (Wildman–Crippen MR) is 92.2 cm³/mol. The molecular formula is C18H15NO4S. The van der Waals surface area contributed by atoms with Crippen LogP contribution in [-0.2, 0) is 16.4 Å². The van der Waals surface area contributed by atoms with Gasteiger partial charge in [0.25, 0.3) is 0 Å². The first-order chi connectivity index (χ1) is 11.5. The fourth-order valence-corrected chi connectivity index (χ4v) is 4.91. The van der Waals surface area contributed by atoms with Gasteiger partial charge in [-0.2, -0.15) is 0 Å². The molecule has 2 aromatic carbocycles. The van der Waals surface area contributed by atoms with Crippen LogP contribution in [0.5, 0.6) is 5.75 Å². The Hall–Kier alpha value is -2.60. The van der Waals surface area contributed by atoms with Crippen LogP contribution < -0.4 is 10.2 Å². The Morgan fingerprint density at radius 2 is 1.83 bits per heavy atom. The smallest absolute Gasteiger partial charge is 0.198 e. The highest BCUT2D eigenvalue weighted by atomic mass is 32.2. The minimum absolute atomic E-state index is 0.00258. The van der Waals surface area contributed by atoms with Gasteiger partial charge in [0.15, 0.2) is 15.3 Å². The Morgan fingerprint density at radius 1 is 1.08 bits per heavy atom. The van der Waals surface area contributed by atoms with E-state index in [1.54, 1.807) is 54.1 Å². The lowest BCUT2D eigenvalue weighted by Crippen LogP contribution is -2.15. The van der Waals surface area contributed by atoms with E-state index in [2.05, 4.69) is 0 Å². The monoisotopic (exact) mass is 341 g/mol. The van der Waals surface area contributed by atoms with Crippen molar-refractivity contribution in [3.05, 3.63) is 58.8 Å². The van der Waals surface area contributed by atoms with Crippen molar-refractivity contribution in [2.45, 2.75) is 11.6 Å². The summed E-state index contributed by atoms with van der Waals surface area (Å²) in [5.74, 6) is 0.594. The van der Waals surface area contributed by atoms with E-state index >= 15 is 0 Å². The number of aryl methyl sites for hydroxylation is 1. The number of ether oxygens (including phenoxy) is 1. The van der Waals surface area contributed by atoms with Crippen LogP contribution in [0.3, 0.4) is 0 Å². The molecule has 0 bridgehead atoms. The Kier molecular flexibility index (Phi) is 3.25. The predicted octanol–water partition coefficient (Wildman–Crippen LogP) is 2.46. The summed E-state index contributed by atoms with van der Waals surface area (Å²) in [5, 5.41) is 0.606. The van der Waals surface area contributed by atoms with Crippen molar-refractivity contribution in [2.24, 2.45) is 0 Å². The summed E-state index contributed by atoms with van der Waals surface area (Å²) >= 11 is 0. The van der Waals surface area contributed by atoms with E-state index in [0.717, 1.165) is 0 Å². The molecule has 0 saturated carbocycles. The number of hydrogen-bond donors (Lipinski definition) is 0. The first-order valence-electron chi connectivity index (χ1n) is 7.55. The van der Waals surface area contributed by atoms with E-state index in [1.165, 1.54) is 0 Å². The number of aromatic nitrogens is 1. The van der Waals surface area contributed by atoms with Gasteiger partial charge < -0.3 is 9.30 Å². The van der Waals surface area contributed by atoms with Crippen molar-refractivity contribution in [1.82, 2.24) is 4.57 Å². The van der Waals surface area contributed by atoms with Crippen molar-refractivity contribution in [3.8, 4) is 16.9 Å². The van der Waals surface area contributed by atoms with Crippen molar-refractivity contribution in [2.75, 3.05) is 12.9 Å². The van der Waals surface area contributed by atoms with E-state index in [9.17, 15) is 13.2 Å². The molecule has 3 aromatic rings. The van der Waals surface area contributed by atoms with Crippen molar-refractivity contribution >= 4 is 20.7 Å². The minimum atomic E-state index is -3.50. The van der Waals surface area contributed by atoms with Crippen LogP contribution in [0.15, 0.2) is 58.4 Å². The van der Waals surface area contributed by atoms with Gasteiger partial charge in [-0.1, -0.05) is 30.3 Å². The Labute approximate surface area is 139 Å². The van der Waals surface area contributed by atoms with Crippen molar-refractivity contribution < 1.29 is 13.2 Å². The normalized spacial score (nSPS) is 15.4. The maximum absolute atomic E-state index is 13.1. The number of methoxy groups -OCH3 is 1. The second kappa shape index (κ2) is 5.21. The quantitative estimate of drug-likeness (QED) is 0.718. The lowest BCUT2D eigenvalue weighted by Gasteiger charge is -2.14. The standard InChI is InChI=1S/C18H15NO4S/c1-23-13-7-8-14-15(11-13)19-9-10-24(21,22)18(19)16(17(14)20)12-5-3-2-4-6-12/h2-8,11H,9-10H2,1H3. The molecule has 0 fully saturated rings. The fraction of sp³-hybridized carbons (Fsp3) is 0.167. The van der Waals surface area contributed by atoms with Crippen LogP contribution in [0.4, 0.5) is 0 Å². The van der Waals surface area contributed by atoms with Crippen LogP contribution in [0.25, 0.3) is 22.0 Å². The summed E-state index contributed by atoms with van der Waals surface area (Å²) < 4.78 is 32.2. The molecule has 1 aromatic heterocycles. The molecule has 0 amide bonds. The number of nitrogens with zero attached hydrogens (tertiary/aromatic N) is 1. The molecule has 0 atom stereocenters. The molecule has 2 heterocycles. The zero-order chi connectivity index (χ0) is 16.9. The number of pyridine rings is 1. The van der Waals surface area contributed by atoms with Gasteiger partial charge in [0.05, 0.1) is 23.9 Å². The van der Waals surface area contributed by atoms with Crippen LogP contribution in [0.1, 0.15) is 0 Å². The van der Waals surface area contributed by atoms with Gasteiger partial charge in [-0.25, -0.2) is 8.42 Å². The van der Waals surface area contributed by atoms with Crippen LogP contribution >= 0.6 is 0 Å². The average Bonchev–Trinajstić information content (AvgIpc) is 2.91. The average molecular weight is 341 g/mol. The highest BCUT2D eigenvalue weighted by molar-refractivity contribution is 7.91. The molecule has 0 aliphatic carbocycles. The highest BCUT2D eigenvalue weighted by Gasteiger charge is 2.33. The number of hydrogen-bond acceptors (Lipinski definition) is 4. The van der Waals surface area contributed by atoms with Gasteiger partial charge >= 0.3 is 0 Å². The van der Waals surface area contributed by atoms with Crippen LogP contribution in [-0.4, -0.2) is 25.8 Å². The van der Waals surface area contributed by atoms with Gasteiger partial charge in [0.2, 0.25) is 0 Å². The summed E-state index contributed by atoms with van der Waals surface area (Å²) in [4.78, 5) is 13.1. The topological polar surface area (TPSA) is 65.4 Å². The molecule has 0 spiro atoms. The Bertz CT molecular complexity index is 1120. The molecular weight excluding hydrogens is 326 g/mol. The molecule has 6 heteroatoms. The number of fused-ring (bicyclic) bond motifs is 3. The Morgan fingerprint density at radius 3 is 2.54 bits per heavy atom. The first kappa shape index (κ1) is 15.0. The third-order valence-electron chi connectivity index (χ3n) is 4.37. The lowest BCUT2D eigenvalue weighted by molar-refractivity contribution is 0.415. The van der Waals surface area contributed by atoms with E-state index < -0.39 is 9.84 Å². The van der Waals surface area contributed by atoms with Crippen LogP contribution in [0.2, 0.25) is 0 Å². The zero-order valence-corrected chi connectivity index (χ0v) is 13.8. The molecule has 1 aliphatic heterocycles. The summed E-state index contributed by atoms with van der Waals surface area (Å²) in [7, 11) is -1.95. The van der Waals surface area contributed by atoms with Crippen molar-refractivity contribution in [3.63, 3.8) is 0 Å². The summed E-state index contributed by atoms with van der Waals surface area (Å²) in [6.07, 6.45) is 0. The second-order valence-corrected chi connectivity index (χ2v) is 7.75. The van der Waals surface area contributed by atoms with Gasteiger partial charge in [0.1, 0.15) is 10.8 Å². The third-order valence-corrected chi connectivity index (χ3v) is 6.10. The maximum atomic E-state index is 13.1. The van der Waals surface area contributed by atoms with Gasteiger partial charge in [-0.15, -0.1) is 0 Å². The molecule has 5 nitrogen and oxygen atoms in total. The van der Waals surface area contributed by atoms with E-state index in [1.807, 2.05) is 6.07 Å². The fourth-order valence-electron chi connectivity index (χ4n) is 3.24. The van der Waals surface area contributed by atoms with E-state index in [0.29, 0.717) is 28.8 Å². The molecule has 24 heavy (non-hydrogen) atoms. The number of rotatable bonds is 2. The molecule has 1 aliphatic rings. The molecule has 0 radical (unpaired) electrons. The summed E-state index contributed by atoms with van der Waals surface area (Å²) in [5.41, 5.74) is 1.20. The van der Waals surface area contributed by atoms with Gasteiger partial charge in [0, 0.05) is 18.0 Å².